The summed E-state index contributed by atoms with van der Waals surface area (Å²) in [7, 11) is 0. The first-order valence-electron chi connectivity index (χ1n) is 0.783. The van der Waals surface area contributed by atoms with Crippen LogP contribution < -0.4 is 0 Å². The van der Waals surface area contributed by atoms with Crippen molar-refractivity contribution in [1.29, 1.82) is 0 Å². The molecule has 0 heterocycles. The minimum atomic E-state index is -5.35. The monoisotopic (exact) mass is 263 g/mol. The molecule has 0 aromatic carbocycles. The van der Waals surface area contributed by atoms with Gasteiger partial charge in [0, 0.05) is 18.0 Å². The molecule has 0 aliphatic heterocycles. The fourth-order valence-corrected chi connectivity index (χ4v) is 0. The SMILES string of the molecule is [As].[O]=[Sb]([OH])([OH])[OH]. The Morgan fingerprint density at radius 1 is 1.17 bits per heavy atom. The topological polar surface area (TPSA) is 77.8 Å². The Morgan fingerprint density at radius 2 is 1.17 bits per heavy atom. The van der Waals surface area contributed by atoms with E-state index in [0.29, 0.717) is 0 Å². The van der Waals surface area contributed by atoms with Gasteiger partial charge < -0.3 is 0 Å². The predicted octanol–water partition coefficient (Wildman–Crippen LogP) is -2.55. The minimum absolute atomic E-state index is 0. The molecule has 0 aromatic heterocycles. The second-order valence-electron chi connectivity index (χ2n) is 0.513. The van der Waals surface area contributed by atoms with Crippen LogP contribution in [0.2, 0.25) is 0 Å². The standard InChI is InChI=1S/As.3H2O.O.Sb/h;3*1H2;;/q;;;;;+3/p-3. The van der Waals surface area contributed by atoms with Crippen LogP contribution in [0.25, 0.3) is 0 Å². The molecular formula is H3AsO4Sb. The zero-order valence-electron chi connectivity index (χ0n) is 2.64. The van der Waals surface area contributed by atoms with Crippen LogP contribution >= 0.6 is 0 Å². The van der Waals surface area contributed by atoms with Gasteiger partial charge in [-0.25, -0.2) is 0 Å². The van der Waals surface area contributed by atoms with Gasteiger partial charge in [0.15, 0.2) is 0 Å². The predicted molar refractivity (Wildman–Crippen MR) is 18.9 cm³/mol. The van der Waals surface area contributed by atoms with E-state index in [0.717, 1.165) is 0 Å². The van der Waals surface area contributed by atoms with E-state index in [2.05, 4.69) is 0 Å². The van der Waals surface area contributed by atoms with Gasteiger partial charge in [-0.05, 0) is 0 Å². The van der Waals surface area contributed by atoms with Crippen molar-refractivity contribution in [3.8, 4) is 0 Å². The maximum absolute atomic E-state index is 8.97. The first kappa shape index (κ1) is 10.1. The number of rotatable bonds is 0. The van der Waals surface area contributed by atoms with E-state index < -0.39 is 20.1 Å². The Morgan fingerprint density at radius 3 is 1.17 bits per heavy atom. The second kappa shape index (κ2) is 3.11. The molecular weight excluding hydrogens is 261 g/mol. The van der Waals surface area contributed by atoms with E-state index in [4.69, 9.17) is 13.2 Å². The molecule has 0 bridgehead atoms. The Balaban J connectivity index is 0. The van der Waals surface area contributed by atoms with E-state index in [1.165, 1.54) is 0 Å². The maximum atomic E-state index is 8.97. The number of hydrogen-bond donors (Lipinski definition) is 3. The van der Waals surface area contributed by atoms with Crippen molar-refractivity contribution >= 4 is 38.0 Å². The third-order valence-corrected chi connectivity index (χ3v) is 0. The molecule has 0 aliphatic rings. The molecule has 0 rings (SSSR count). The molecule has 6 heavy (non-hydrogen) atoms. The van der Waals surface area contributed by atoms with E-state index in [9.17, 15) is 0 Å². The van der Waals surface area contributed by atoms with Crippen molar-refractivity contribution < 1.29 is 13.2 Å². The summed E-state index contributed by atoms with van der Waals surface area (Å²) < 4.78 is 30.8. The summed E-state index contributed by atoms with van der Waals surface area (Å²) in [6, 6.07) is 0. The molecule has 0 atom stereocenters. The average molecular weight is 264 g/mol. The van der Waals surface area contributed by atoms with Gasteiger partial charge in [-0.1, -0.05) is 0 Å². The quantitative estimate of drug-likeness (QED) is 0.421. The summed E-state index contributed by atoms with van der Waals surface area (Å²) in [6.07, 6.45) is 0. The Hall–Kier alpha value is 1.06. The van der Waals surface area contributed by atoms with Crippen molar-refractivity contribution in [2.24, 2.45) is 0 Å². The van der Waals surface area contributed by atoms with Gasteiger partial charge in [0.2, 0.25) is 0 Å². The molecule has 0 fully saturated rings. The fourth-order valence-electron chi connectivity index (χ4n) is 0. The van der Waals surface area contributed by atoms with Crippen LogP contribution in [0.5, 0.6) is 0 Å². The molecule has 4 nitrogen and oxygen atoms in total. The molecule has 6 heteroatoms. The van der Waals surface area contributed by atoms with Gasteiger partial charge in [-0.3, -0.25) is 0 Å². The van der Waals surface area contributed by atoms with Gasteiger partial charge in [0.1, 0.15) is 0 Å². The third-order valence-electron chi connectivity index (χ3n) is 0. The summed E-state index contributed by atoms with van der Waals surface area (Å²) in [5.41, 5.74) is 0. The van der Waals surface area contributed by atoms with E-state index >= 15 is 0 Å². The molecule has 0 spiro atoms. The molecule has 0 amide bonds. The third kappa shape index (κ3) is 74.5. The molecule has 0 saturated heterocycles. The summed E-state index contributed by atoms with van der Waals surface area (Å²) >= 11 is -5.35. The normalized spacial score (nSPS) is 9.83. The average Bonchev–Trinajstić information content (AvgIpc) is 0.722. The fraction of sp³-hybridized carbons (Fsp3) is 0. The van der Waals surface area contributed by atoms with Crippen LogP contribution in [0.3, 0.4) is 0 Å². The first-order valence-corrected chi connectivity index (χ1v) is 5.25. The zero-order chi connectivity index (χ0) is 4.50. The van der Waals surface area contributed by atoms with Crippen LogP contribution in [0.4, 0.5) is 0 Å². The van der Waals surface area contributed by atoms with Crippen LogP contribution in [0.1, 0.15) is 0 Å². The van der Waals surface area contributed by atoms with Crippen molar-refractivity contribution in [3.05, 3.63) is 0 Å². The van der Waals surface area contributed by atoms with Gasteiger partial charge in [-0.2, -0.15) is 0 Å². The molecule has 0 saturated carbocycles. The van der Waals surface area contributed by atoms with Crippen molar-refractivity contribution in [1.82, 2.24) is 0 Å². The van der Waals surface area contributed by atoms with E-state index in [1.807, 2.05) is 0 Å². The Labute approximate surface area is 51.2 Å². The second-order valence-corrected chi connectivity index (χ2v) is 3.44. The molecule has 3 N–H and O–H groups in total. The van der Waals surface area contributed by atoms with Gasteiger partial charge >= 0.3 is 33.2 Å². The first-order chi connectivity index (χ1) is 2.00. The van der Waals surface area contributed by atoms with Crippen LogP contribution in [0.15, 0.2) is 0 Å². The zero-order valence-corrected chi connectivity index (χ0v) is 7.07. The van der Waals surface area contributed by atoms with Gasteiger partial charge in [-0.15, -0.1) is 0 Å². The van der Waals surface area contributed by atoms with Crippen LogP contribution in [-0.4, -0.2) is 48.2 Å². The van der Waals surface area contributed by atoms with Crippen LogP contribution in [0, 0.1) is 0 Å². The van der Waals surface area contributed by atoms with Crippen molar-refractivity contribution in [2.75, 3.05) is 0 Å². The molecule has 37 valence electrons. The summed E-state index contributed by atoms with van der Waals surface area (Å²) in [5, 5.41) is 0. The Bertz CT molecular complexity index is 53.7. The van der Waals surface area contributed by atoms with Crippen molar-refractivity contribution in [3.63, 3.8) is 0 Å². The summed E-state index contributed by atoms with van der Waals surface area (Å²) in [5.74, 6) is 0. The van der Waals surface area contributed by atoms with Gasteiger partial charge in [0.25, 0.3) is 0 Å². The Kier molecular flexibility index (Phi) is 5.25. The van der Waals surface area contributed by atoms with Crippen LogP contribution in [-0.2, 0) is 3.02 Å². The van der Waals surface area contributed by atoms with E-state index in [-0.39, 0.29) is 18.0 Å². The van der Waals surface area contributed by atoms with Crippen molar-refractivity contribution in [2.45, 2.75) is 0 Å². The number of hydrogen-bond acceptors (Lipinski definition) is 1. The molecule has 0 unspecified atom stereocenters. The summed E-state index contributed by atoms with van der Waals surface area (Å²) in [4.78, 5) is 0. The molecule has 0 aromatic rings. The molecule has 0 aliphatic carbocycles. The summed E-state index contributed by atoms with van der Waals surface area (Å²) in [6.45, 7) is 0. The molecule has 3 radical (unpaired) electrons. The van der Waals surface area contributed by atoms with Gasteiger partial charge in [0.05, 0.1) is 0 Å². The van der Waals surface area contributed by atoms with E-state index in [1.54, 1.807) is 0 Å².